The number of hydrogen-bond donors (Lipinski definition) is 2. The molecular weight excluding hydrogens is 266 g/mol. The largest absolute Gasteiger partial charge is 0.388 e. The molecule has 1 aromatic carbocycles. The Balaban J connectivity index is 1.87. The van der Waals surface area contributed by atoms with Crippen LogP contribution in [-0.2, 0) is 0 Å². The van der Waals surface area contributed by atoms with Crippen molar-refractivity contribution in [1.29, 1.82) is 0 Å². The Kier molecular flexibility index (Phi) is 4.98. The summed E-state index contributed by atoms with van der Waals surface area (Å²) in [5.74, 6) is 0.588. The van der Waals surface area contributed by atoms with E-state index in [1.54, 1.807) is 0 Å². The number of anilines is 1. The van der Waals surface area contributed by atoms with Gasteiger partial charge in [0.05, 0.1) is 6.10 Å². The topological polar surface area (TPSA) is 58.0 Å². The van der Waals surface area contributed by atoms with E-state index in [1.807, 2.05) is 37.3 Å². The van der Waals surface area contributed by atoms with Crippen molar-refractivity contribution in [2.75, 3.05) is 17.6 Å². The Bertz CT molecular complexity index is 475. The first-order chi connectivity index (χ1) is 8.79. The number of thioether (sulfide) groups is 1. The molecule has 4 nitrogen and oxygen atoms in total. The van der Waals surface area contributed by atoms with Crippen molar-refractivity contribution >= 4 is 28.2 Å². The molecule has 1 unspecified atom stereocenters. The number of aromatic nitrogens is 2. The van der Waals surface area contributed by atoms with Gasteiger partial charge in [0.1, 0.15) is 0 Å². The lowest BCUT2D eigenvalue weighted by atomic mass is 10.1. The third-order valence-corrected chi connectivity index (χ3v) is 4.37. The summed E-state index contributed by atoms with van der Waals surface area (Å²) in [6, 6.07) is 9.65. The Morgan fingerprint density at radius 2 is 2.11 bits per heavy atom. The highest BCUT2D eigenvalue weighted by molar-refractivity contribution is 8.01. The molecular formula is C12H15N3OS2. The molecule has 2 N–H and O–H groups in total. The van der Waals surface area contributed by atoms with Gasteiger partial charge in [-0.25, -0.2) is 0 Å². The molecule has 0 spiro atoms. The normalized spacial score (nSPS) is 12.3. The minimum Gasteiger partial charge on any atom is -0.388 e. The predicted octanol–water partition coefficient (Wildman–Crippen LogP) is 2.80. The Labute approximate surface area is 114 Å². The maximum absolute atomic E-state index is 10.0. The van der Waals surface area contributed by atoms with Crippen LogP contribution in [0.1, 0.15) is 18.6 Å². The van der Waals surface area contributed by atoms with Gasteiger partial charge in [0.15, 0.2) is 4.34 Å². The Morgan fingerprint density at radius 1 is 1.33 bits per heavy atom. The van der Waals surface area contributed by atoms with E-state index in [0.29, 0.717) is 5.75 Å². The second-order valence-electron chi connectivity index (χ2n) is 3.64. The smallest absolute Gasteiger partial charge is 0.206 e. The summed E-state index contributed by atoms with van der Waals surface area (Å²) in [4.78, 5) is 0. The van der Waals surface area contributed by atoms with E-state index in [4.69, 9.17) is 0 Å². The summed E-state index contributed by atoms with van der Waals surface area (Å²) in [6.07, 6.45) is -0.470. The van der Waals surface area contributed by atoms with E-state index in [9.17, 15) is 5.11 Å². The number of rotatable bonds is 6. The zero-order valence-corrected chi connectivity index (χ0v) is 11.7. The molecule has 2 aromatic rings. The first kappa shape index (κ1) is 13.3. The molecule has 0 aliphatic carbocycles. The number of nitrogens with zero attached hydrogens (tertiary/aromatic N) is 2. The van der Waals surface area contributed by atoms with E-state index in [2.05, 4.69) is 15.5 Å². The van der Waals surface area contributed by atoms with Crippen LogP contribution in [0.15, 0.2) is 34.7 Å². The van der Waals surface area contributed by atoms with Gasteiger partial charge in [-0.15, -0.1) is 10.2 Å². The quantitative estimate of drug-likeness (QED) is 0.797. The minimum atomic E-state index is -0.470. The third-order valence-electron chi connectivity index (χ3n) is 2.28. The molecule has 0 bridgehead atoms. The van der Waals surface area contributed by atoms with Gasteiger partial charge < -0.3 is 10.4 Å². The molecule has 0 saturated heterocycles. The molecule has 0 radical (unpaired) electrons. The number of aliphatic hydroxyl groups excluding tert-OH is 1. The fourth-order valence-corrected chi connectivity index (χ4v) is 3.23. The highest BCUT2D eigenvalue weighted by Crippen LogP contribution is 2.28. The SMILES string of the molecule is CCNc1nnc(SCC(O)c2ccccc2)s1. The molecule has 1 aromatic heterocycles. The maximum atomic E-state index is 10.0. The summed E-state index contributed by atoms with van der Waals surface area (Å²) < 4.78 is 0.876. The van der Waals surface area contributed by atoms with Gasteiger partial charge in [0.2, 0.25) is 5.13 Å². The molecule has 6 heteroatoms. The van der Waals surface area contributed by atoms with E-state index in [0.717, 1.165) is 21.6 Å². The molecule has 0 aliphatic rings. The zero-order chi connectivity index (χ0) is 12.8. The van der Waals surface area contributed by atoms with Crippen molar-refractivity contribution in [1.82, 2.24) is 10.2 Å². The minimum absolute atomic E-state index is 0.470. The molecule has 18 heavy (non-hydrogen) atoms. The first-order valence-corrected chi connectivity index (χ1v) is 7.53. The molecule has 0 amide bonds. The Morgan fingerprint density at radius 3 is 2.83 bits per heavy atom. The van der Waals surface area contributed by atoms with Crippen LogP contribution < -0.4 is 5.32 Å². The summed E-state index contributed by atoms with van der Waals surface area (Å²) >= 11 is 3.04. The Hall–Kier alpha value is -1.11. The van der Waals surface area contributed by atoms with Crippen molar-refractivity contribution in [3.8, 4) is 0 Å². The summed E-state index contributed by atoms with van der Waals surface area (Å²) in [6.45, 7) is 2.86. The molecule has 1 heterocycles. The predicted molar refractivity (Wildman–Crippen MR) is 76.2 cm³/mol. The maximum Gasteiger partial charge on any atom is 0.206 e. The number of aliphatic hydroxyl groups is 1. The second kappa shape index (κ2) is 6.72. The lowest BCUT2D eigenvalue weighted by molar-refractivity contribution is 0.204. The van der Waals surface area contributed by atoms with Crippen LogP contribution in [0.3, 0.4) is 0 Å². The number of nitrogens with one attached hydrogen (secondary N) is 1. The van der Waals surface area contributed by atoms with Crippen LogP contribution in [0.2, 0.25) is 0 Å². The average molecular weight is 281 g/mol. The highest BCUT2D eigenvalue weighted by atomic mass is 32.2. The molecule has 1 atom stereocenters. The lowest BCUT2D eigenvalue weighted by Gasteiger charge is -2.08. The van der Waals surface area contributed by atoms with Crippen molar-refractivity contribution < 1.29 is 5.11 Å². The van der Waals surface area contributed by atoms with Crippen LogP contribution >= 0.6 is 23.1 Å². The van der Waals surface area contributed by atoms with Gasteiger partial charge in [-0.1, -0.05) is 53.4 Å². The summed E-state index contributed by atoms with van der Waals surface area (Å²) in [5.41, 5.74) is 0.932. The zero-order valence-electron chi connectivity index (χ0n) is 10.0. The van der Waals surface area contributed by atoms with Gasteiger partial charge in [0.25, 0.3) is 0 Å². The van der Waals surface area contributed by atoms with Crippen LogP contribution in [0.4, 0.5) is 5.13 Å². The molecule has 0 saturated carbocycles. The fraction of sp³-hybridized carbons (Fsp3) is 0.333. The van der Waals surface area contributed by atoms with Gasteiger partial charge in [-0.2, -0.15) is 0 Å². The van der Waals surface area contributed by atoms with Crippen molar-refractivity contribution in [2.45, 2.75) is 17.4 Å². The molecule has 2 rings (SSSR count). The van der Waals surface area contributed by atoms with Gasteiger partial charge in [-0.3, -0.25) is 0 Å². The molecule has 96 valence electrons. The van der Waals surface area contributed by atoms with Crippen molar-refractivity contribution in [3.63, 3.8) is 0 Å². The van der Waals surface area contributed by atoms with Crippen LogP contribution in [0, 0.1) is 0 Å². The second-order valence-corrected chi connectivity index (χ2v) is 5.89. The van der Waals surface area contributed by atoms with Crippen LogP contribution in [0.5, 0.6) is 0 Å². The van der Waals surface area contributed by atoms with E-state index in [-0.39, 0.29) is 0 Å². The third kappa shape index (κ3) is 3.69. The van der Waals surface area contributed by atoms with Gasteiger partial charge >= 0.3 is 0 Å². The van der Waals surface area contributed by atoms with Gasteiger partial charge in [0, 0.05) is 12.3 Å². The number of hydrogen-bond acceptors (Lipinski definition) is 6. The van der Waals surface area contributed by atoms with Crippen molar-refractivity contribution in [2.24, 2.45) is 0 Å². The monoisotopic (exact) mass is 281 g/mol. The first-order valence-electron chi connectivity index (χ1n) is 5.72. The standard InChI is InChI=1S/C12H15N3OS2/c1-2-13-11-14-15-12(18-11)17-8-10(16)9-6-4-3-5-7-9/h3-7,10,16H,2,8H2,1H3,(H,13,14). The fourth-order valence-electron chi connectivity index (χ4n) is 1.41. The number of benzene rings is 1. The average Bonchev–Trinajstić information content (AvgIpc) is 2.85. The van der Waals surface area contributed by atoms with E-state index >= 15 is 0 Å². The van der Waals surface area contributed by atoms with Crippen LogP contribution in [-0.4, -0.2) is 27.6 Å². The van der Waals surface area contributed by atoms with E-state index < -0.39 is 6.10 Å². The summed E-state index contributed by atoms with van der Waals surface area (Å²) in [5, 5.41) is 22.0. The van der Waals surface area contributed by atoms with Crippen molar-refractivity contribution in [3.05, 3.63) is 35.9 Å². The van der Waals surface area contributed by atoms with E-state index in [1.165, 1.54) is 23.1 Å². The van der Waals surface area contributed by atoms with Gasteiger partial charge in [-0.05, 0) is 12.5 Å². The van der Waals surface area contributed by atoms with Crippen LogP contribution in [0.25, 0.3) is 0 Å². The summed E-state index contributed by atoms with van der Waals surface area (Å²) in [7, 11) is 0. The molecule has 0 aliphatic heterocycles. The lowest BCUT2D eigenvalue weighted by Crippen LogP contribution is -1.99. The molecule has 0 fully saturated rings. The highest BCUT2D eigenvalue weighted by Gasteiger charge is 2.10.